The molecule has 0 radical (unpaired) electrons. The monoisotopic (exact) mass is 384 g/mol. The summed E-state index contributed by atoms with van der Waals surface area (Å²) in [6.07, 6.45) is 4.16. The Morgan fingerprint density at radius 3 is 0.846 bits per heavy atom. The van der Waals surface area contributed by atoms with Crippen molar-refractivity contribution in [3.63, 3.8) is 0 Å². The van der Waals surface area contributed by atoms with Gasteiger partial charge in [-0.3, -0.25) is 0 Å². The zero-order valence-corrected chi connectivity index (χ0v) is 21.7. The van der Waals surface area contributed by atoms with Gasteiger partial charge in [0.1, 0.15) is 0 Å². The van der Waals surface area contributed by atoms with E-state index in [4.69, 9.17) is 0 Å². The van der Waals surface area contributed by atoms with Crippen molar-refractivity contribution in [2.45, 2.75) is 118 Å². The molecule has 0 bridgehead atoms. The molecular weight excluding hydrogens is 331 g/mol. The molecule has 26 heavy (non-hydrogen) atoms. The maximum absolute atomic E-state index is 2.52. The van der Waals surface area contributed by atoms with Gasteiger partial charge in [0.25, 0.3) is 14.1 Å². The average Bonchev–Trinajstić information content (AvgIpc) is 2.18. The van der Waals surface area contributed by atoms with Crippen LogP contribution < -0.4 is 0 Å². The Labute approximate surface area is 171 Å². The largest absolute Gasteiger partial charge is 0.412 e. The Morgan fingerprint density at radius 1 is 0.500 bits per heavy atom. The molecule has 0 aliphatic rings. The summed E-state index contributed by atoms with van der Waals surface area (Å²) in [7, 11) is 0. The summed E-state index contributed by atoms with van der Waals surface area (Å²) >= 11 is -0.676. The summed E-state index contributed by atoms with van der Waals surface area (Å²) in [5, 5.41) is 4.67. The van der Waals surface area contributed by atoms with Gasteiger partial charge in [0.2, 0.25) is 0 Å². The van der Waals surface area contributed by atoms with Crippen LogP contribution in [0.4, 0.5) is 0 Å². The van der Waals surface area contributed by atoms with Crippen LogP contribution in [-0.2, 0) is 0 Å². The van der Waals surface area contributed by atoms with E-state index in [1.54, 1.807) is 15.8 Å². The number of hydrogen-bond donors (Lipinski definition) is 0. The predicted molar refractivity (Wildman–Crippen MR) is 123 cm³/mol. The molecule has 2 heteroatoms. The summed E-state index contributed by atoms with van der Waals surface area (Å²) in [5.74, 6) is 2.71. The van der Waals surface area contributed by atoms with Crippen LogP contribution in [-0.4, -0.2) is 19.6 Å². The van der Waals surface area contributed by atoms with E-state index in [0.29, 0.717) is 16.2 Å². The molecule has 0 aromatic rings. The van der Waals surface area contributed by atoms with Crippen LogP contribution in [0, 0.1) is 34.0 Å². The summed E-state index contributed by atoms with van der Waals surface area (Å²) < 4.78 is 0. The molecule has 158 valence electrons. The Bertz CT molecular complexity index is 299. The Morgan fingerprint density at radius 2 is 0.692 bits per heavy atom. The SMILES string of the molecule is CC([CH2][Al]([CH2]C(C)CC(C)(C)C)[CH2]C(C)CC(C)(C)C)CC(C)(C)C.O. The maximum atomic E-state index is 2.52. The molecule has 0 rings (SSSR count). The molecule has 0 aromatic heterocycles. The third-order valence-electron chi connectivity index (χ3n) is 5.09. The van der Waals surface area contributed by atoms with E-state index >= 15 is 0 Å². The van der Waals surface area contributed by atoms with Gasteiger partial charge < -0.3 is 5.48 Å². The Balaban J connectivity index is 0. The molecule has 0 heterocycles. The lowest BCUT2D eigenvalue weighted by Crippen LogP contribution is -2.26. The summed E-state index contributed by atoms with van der Waals surface area (Å²) in [4.78, 5) is 0. The van der Waals surface area contributed by atoms with E-state index < -0.39 is 14.1 Å². The van der Waals surface area contributed by atoms with Gasteiger partial charge in [-0.15, -0.1) is 0 Å². The van der Waals surface area contributed by atoms with Crippen LogP contribution in [0.2, 0.25) is 15.8 Å². The third-order valence-corrected chi connectivity index (χ3v) is 9.50. The highest BCUT2D eigenvalue weighted by molar-refractivity contribution is 6.59. The summed E-state index contributed by atoms with van der Waals surface area (Å²) in [5.41, 5.74) is 1.44. The minimum Gasteiger partial charge on any atom is -0.412 e. The molecule has 3 atom stereocenters. The van der Waals surface area contributed by atoms with Crippen molar-refractivity contribution in [1.82, 2.24) is 0 Å². The first-order chi connectivity index (χ1) is 11.0. The lowest BCUT2D eigenvalue weighted by atomic mass is 9.86. The molecule has 0 amide bonds. The van der Waals surface area contributed by atoms with Crippen molar-refractivity contribution < 1.29 is 5.48 Å². The van der Waals surface area contributed by atoms with Crippen LogP contribution in [0.1, 0.15) is 102 Å². The smallest absolute Gasteiger partial charge is 0.262 e. The standard InChI is InChI=1S/3C8H17.Al.H2O/c3*1-7(2)6-8(3,4)5;;/h3*7H,1,6H2,2-5H3;;1H2. The molecule has 3 unspecified atom stereocenters. The molecule has 0 aromatic carbocycles. The van der Waals surface area contributed by atoms with Gasteiger partial charge >= 0.3 is 0 Å². The van der Waals surface area contributed by atoms with Crippen molar-refractivity contribution in [3.8, 4) is 0 Å². The molecule has 0 aliphatic heterocycles. The third kappa shape index (κ3) is 17.9. The fraction of sp³-hybridized carbons (Fsp3) is 1.00. The number of rotatable bonds is 9. The van der Waals surface area contributed by atoms with Crippen LogP contribution >= 0.6 is 0 Å². The van der Waals surface area contributed by atoms with E-state index in [1.165, 1.54) is 19.3 Å². The van der Waals surface area contributed by atoms with Gasteiger partial charge in [0, 0.05) is 0 Å². The van der Waals surface area contributed by atoms with Gasteiger partial charge in [0.05, 0.1) is 0 Å². The second-order valence-electron chi connectivity index (χ2n) is 13.2. The molecule has 0 aliphatic carbocycles. The van der Waals surface area contributed by atoms with Gasteiger partial charge in [-0.2, -0.15) is 0 Å². The Kier molecular flexibility index (Phi) is 12.7. The highest BCUT2D eigenvalue weighted by Crippen LogP contribution is 2.35. The average molecular weight is 385 g/mol. The Hall–Kier alpha value is 0.492. The number of hydrogen-bond acceptors (Lipinski definition) is 0. The van der Waals surface area contributed by atoms with E-state index in [1.807, 2.05) is 0 Å². The lowest BCUT2D eigenvalue weighted by molar-refractivity contribution is 0.308. The first-order valence-electron chi connectivity index (χ1n) is 11.0. The molecule has 1 nitrogen and oxygen atoms in total. The predicted octanol–water partition coefficient (Wildman–Crippen LogP) is 7.87. The van der Waals surface area contributed by atoms with E-state index in [9.17, 15) is 0 Å². The second-order valence-corrected chi connectivity index (χ2v) is 16.3. The summed E-state index contributed by atoms with van der Waals surface area (Å²) in [6, 6.07) is 0. The topological polar surface area (TPSA) is 31.5 Å². The first-order valence-corrected chi connectivity index (χ1v) is 13.4. The highest BCUT2D eigenvalue weighted by atomic mass is 27.2. The van der Waals surface area contributed by atoms with Crippen molar-refractivity contribution in [2.24, 2.45) is 34.0 Å². The quantitative estimate of drug-likeness (QED) is 0.362. The second kappa shape index (κ2) is 11.5. The first kappa shape index (κ1) is 28.7. The van der Waals surface area contributed by atoms with E-state index in [-0.39, 0.29) is 5.48 Å². The van der Waals surface area contributed by atoms with Crippen LogP contribution in [0.25, 0.3) is 0 Å². The van der Waals surface area contributed by atoms with Crippen molar-refractivity contribution in [2.75, 3.05) is 0 Å². The van der Waals surface area contributed by atoms with E-state index in [2.05, 4.69) is 83.1 Å². The minimum atomic E-state index is -0.676. The molecule has 0 spiro atoms. The van der Waals surface area contributed by atoms with Crippen LogP contribution in [0.5, 0.6) is 0 Å². The van der Waals surface area contributed by atoms with Crippen molar-refractivity contribution in [3.05, 3.63) is 0 Å². The van der Waals surface area contributed by atoms with E-state index in [0.717, 1.165) is 17.8 Å². The molecule has 0 saturated carbocycles. The molecule has 0 saturated heterocycles. The maximum Gasteiger partial charge on any atom is 0.262 e. The lowest BCUT2D eigenvalue weighted by Gasteiger charge is -2.30. The molecular formula is C24H53AlO. The van der Waals surface area contributed by atoms with Crippen molar-refractivity contribution in [1.29, 1.82) is 0 Å². The van der Waals surface area contributed by atoms with Crippen LogP contribution in [0.3, 0.4) is 0 Å². The van der Waals surface area contributed by atoms with Gasteiger partial charge in [-0.25, -0.2) is 0 Å². The fourth-order valence-electron chi connectivity index (χ4n) is 5.38. The normalized spacial score (nSPS) is 16.6. The van der Waals surface area contributed by atoms with Crippen LogP contribution in [0.15, 0.2) is 0 Å². The fourth-order valence-corrected chi connectivity index (χ4v) is 9.87. The zero-order chi connectivity index (χ0) is 20.1. The van der Waals surface area contributed by atoms with Gasteiger partial charge in [-0.05, 0) is 35.5 Å². The molecule has 2 N–H and O–H groups in total. The minimum absolute atomic E-state index is 0. The molecule has 0 fully saturated rings. The summed E-state index contributed by atoms with van der Waals surface area (Å²) in [6.45, 7) is 29.2. The van der Waals surface area contributed by atoms with Crippen molar-refractivity contribution >= 4 is 14.1 Å². The van der Waals surface area contributed by atoms with Gasteiger partial charge in [-0.1, -0.05) is 117 Å². The zero-order valence-electron chi connectivity index (χ0n) is 20.6. The highest BCUT2D eigenvalue weighted by Gasteiger charge is 2.29. The van der Waals surface area contributed by atoms with Gasteiger partial charge in [0.15, 0.2) is 0 Å².